The Morgan fingerprint density at radius 2 is 2.25 bits per heavy atom. The first-order valence-electron chi connectivity index (χ1n) is 5.03. The zero-order valence-electron chi connectivity index (χ0n) is 9.11. The standard InChI is InChI=1S/C12H12O4/c1-3-15-9-6-4-5-8-7(2)10(12(13)14)16-11(8)9/h4-6H,3H2,1-2H3,(H,13,14). The first-order valence-corrected chi connectivity index (χ1v) is 5.03. The summed E-state index contributed by atoms with van der Waals surface area (Å²) in [5, 5.41) is 9.73. The molecule has 1 aromatic heterocycles. The molecule has 4 nitrogen and oxygen atoms in total. The van der Waals surface area contributed by atoms with Crippen molar-refractivity contribution in [1.82, 2.24) is 0 Å². The number of carboxylic acid groups (broad SMARTS) is 1. The summed E-state index contributed by atoms with van der Waals surface area (Å²) in [6.45, 7) is 4.11. The topological polar surface area (TPSA) is 59.7 Å². The monoisotopic (exact) mass is 220 g/mol. The van der Waals surface area contributed by atoms with E-state index in [-0.39, 0.29) is 5.76 Å². The van der Waals surface area contributed by atoms with Gasteiger partial charge < -0.3 is 14.3 Å². The van der Waals surface area contributed by atoms with Crippen molar-refractivity contribution in [2.45, 2.75) is 13.8 Å². The Hall–Kier alpha value is -1.97. The molecule has 0 aliphatic carbocycles. The zero-order valence-corrected chi connectivity index (χ0v) is 9.11. The van der Waals surface area contributed by atoms with Gasteiger partial charge in [-0.05, 0) is 19.9 Å². The van der Waals surface area contributed by atoms with Crippen molar-refractivity contribution in [2.24, 2.45) is 0 Å². The van der Waals surface area contributed by atoms with Gasteiger partial charge in [0.05, 0.1) is 6.61 Å². The van der Waals surface area contributed by atoms with Crippen molar-refractivity contribution in [3.63, 3.8) is 0 Å². The Morgan fingerprint density at radius 1 is 1.50 bits per heavy atom. The molecule has 0 radical (unpaired) electrons. The van der Waals surface area contributed by atoms with E-state index < -0.39 is 5.97 Å². The lowest BCUT2D eigenvalue weighted by Crippen LogP contribution is -1.95. The van der Waals surface area contributed by atoms with E-state index in [2.05, 4.69) is 0 Å². The number of carbonyl (C=O) groups is 1. The number of hydrogen-bond donors (Lipinski definition) is 1. The van der Waals surface area contributed by atoms with Crippen molar-refractivity contribution in [3.05, 3.63) is 29.5 Å². The quantitative estimate of drug-likeness (QED) is 0.863. The highest BCUT2D eigenvalue weighted by Gasteiger charge is 2.18. The Balaban J connectivity index is 2.70. The molecule has 2 aromatic rings. The number of hydrogen-bond acceptors (Lipinski definition) is 3. The van der Waals surface area contributed by atoms with Gasteiger partial charge in [0.2, 0.25) is 5.76 Å². The third-order valence-electron chi connectivity index (χ3n) is 2.42. The summed E-state index contributed by atoms with van der Waals surface area (Å²) < 4.78 is 10.7. The van der Waals surface area contributed by atoms with Crippen LogP contribution in [0, 0.1) is 6.92 Å². The highest BCUT2D eigenvalue weighted by molar-refractivity contribution is 5.96. The molecule has 0 aliphatic rings. The van der Waals surface area contributed by atoms with Crippen molar-refractivity contribution in [2.75, 3.05) is 6.61 Å². The van der Waals surface area contributed by atoms with E-state index >= 15 is 0 Å². The second-order valence-corrected chi connectivity index (χ2v) is 3.43. The lowest BCUT2D eigenvalue weighted by atomic mass is 10.1. The number of furan rings is 1. The number of aryl methyl sites for hydroxylation is 1. The SMILES string of the molecule is CCOc1cccc2c(C)c(C(=O)O)oc12. The van der Waals surface area contributed by atoms with Crippen LogP contribution in [0.5, 0.6) is 5.75 Å². The highest BCUT2D eigenvalue weighted by atomic mass is 16.5. The summed E-state index contributed by atoms with van der Waals surface area (Å²) in [4.78, 5) is 10.9. The third kappa shape index (κ3) is 1.52. The maximum atomic E-state index is 10.9. The first kappa shape index (κ1) is 10.5. The number of carboxylic acids is 1. The largest absolute Gasteiger partial charge is 0.490 e. The maximum Gasteiger partial charge on any atom is 0.372 e. The molecule has 4 heteroatoms. The van der Waals surface area contributed by atoms with Crippen LogP contribution < -0.4 is 4.74 Å². The summed E-state index contributed by atoms with van der Waals surface area (Å²) >= 11 is 0. The molecule has 1 heterocycles. The van der Waals surface area contributed by atoms with Gasteiger partial charge in [-0.3, -0.25) is 0 Å². The van der Waals surface area contributed by atoms with Gasteiger partial charge in [0, 0.05) is 10.9 Å². The Labute approximate surface area is 92.4 Å². The van der Waals surface area contributed by atoms with Crippen LogP contribution in [0.2, 0.25) is 0 Å². The van der Waals surface area contributed by atoms with E-state index in [9.17, 15) is 4.79 Å². The van der Waals surface area contributed by atoms with Crippen LogP contribution in [0.15, 0.2) is 22.6 Å². The number of aromatic carboxylic acids is 1. The first-order chi connectivity index (χ1) is 7.65. The molecular formula is C12H12O4. The predicted molar refractivity (Wildman–Crippen MR) is 59.1 cm³/mol. The third-order valence-corrected chi connectivity index (χ3v) is 2.42. The molecule has 0 spiro atoms. The summed E-state index contributed by atoms with van der Waals surface area (Å²) in [6.07, 6.45) is 0. The molecule has 0 fully saturated rings. The van der Waals surface area contributed by atoms with Crippen molar-refractivity contribution >= 4 is 16.9 Å². The van der Waals surface area contributed by atoms with E-state index in [0.29, 0.717) is 23.5 Å². The lowest BCUT2D eigenvalue weighted by molar-refractivity contribution is 0.0664. The highest BCUT2D eigenvalue weighted by Crippen LogP contribution is 2.32. The van der Waals surface area contributed by atoms with Crippen LogP contribution in [0.3, 0.4) is 0 Å². The summed E-state index contributed by atoms with van der Waals surface area (Å²) in [6, 6.07) is 5.41. The number of para-hydroxylation sites is 1. The molecule has 0 saturated heterocycles. The average Bonchev–Trinajstić information content (AvgIpc) is 2.58. The molecule has 1 aromatic carbocycles. The molecule has 16 heavy (non-hydrogen) atoms. The fourth-order valence-electron chi connectivity index (χ4n) is 1.69. The molecule has 0 bridgehead atoms. The predicted octanol–water partition coefficient (Wildman–Crippen LogP) is 2.84. The smallest absolute Gasteiger partial charge is 0.372 e. The summed E-state index contributed by atoms with van der Waals surface area (Å²) in [5.74, 6) is -0.506. The fourth-order valence-corrected chi connectivity index (χ4v) is 1.69. The minimum atomic E-state index is -1.06. The van der Waals surface area contributed by atoms with Gasteiger partial charge in [0.25, 0.3) is 0 Å². The minimum absolute atomic E-state index is 0.0258. The lowest BCUT2D eigenvalue weighted by Gasteiger charge is -2.02. The minimum Gasteiger partial charge on any atom is -0.490 e. The summed E-state index contributed by atoms with van der Waals surface area (Å²) in [5.41, 5.74) is 1.13. The Kier molecular flexibility index (Phi) is 2.56. The van der Waals surface area contributed by atoms with Crippen molar-refractivity contribution in [3.8, 4) is 5.75 Å². The van der Waals surface area contributed by atoms with Crippen LogP contribution in [0.25, 0.3) is 11.0 Å². The number of ether oxygens (including phenoxy) is 1. The van der Waals surface area contributed by atoms with Gasteiger partial charge in [-0.15, -0.1) is 0 Å². The van der Waals surface area contributed by atoms with Gasteiger partial charge in [-0.1, -0.05) is 12.1 Å². The maximum absolute atomic E-state index is 10.9. The van der Waals surface area contributed by atoms with Gasteiger partial charge in [-0.2, -0.15) is 0 Å². The molecule has 0 amide bonds. The molecule has 0 atom stereocenters. The van der Waals surface area contributed by atoms with Crippen LogP contribution in [0.1, 0.15) is 23.0 Å². The molecule has 0 saturated carbocycles. The van der Waals surface area contributed by atoms with E-state index in [1.165, 1.54) is 0 Å². The number of rotatable bonds is 3. The number of fused-ring (bicyclic) bond motifs is 1. The molecular weight excluding hydrogens is 208 g/mol. The van der Waals surface area contributed by atoms with Crippen LogP contribution in [0.4, 0.5) is 0 Å². The van der Waals surface area contributed by atoms with E-state index in [4.69, 9.17) is 14.3 Å². The second-order valence-electron chi connectivity index (χ2n) is 3.43. The molecule has 1 N–H and O–H groups in total. The number of benzene rings is 1. The van der Waals surface area contributed by atoms with Crippen LogP contribution in [-0.2, 0) is 0 Å². The van der Waals surface area contributed by atoms with E-state index in [1.54, 1.807) is 13.0 Å². The Bertz CT molecular complexity index is 539. The summed E-state index contributed by atoms with van der Waals surface area (Å²) in [7, 11) is 0. The van der Waals surface area contributed by atoms with Crippen LogP contribution >= 0.6 is 0 Å². The van der Waals surface area contributed by atoms with Crippen molar-refractivity contribution in [1.29, 1.82) is 0 Å². The molecule has 2 rings (SSSR count). The van der Waals surface area contributed by atoms with E-state index in [0.717, 1.165) is 5.39 Å². The van der Waals surface area contributed by atoms with Crippen LogP contribution in [-0.4, -0.2) is 17.7 Å². The van der Waals surface area contributed by atoms with Gasteiger partial charge in [-0.25, -0.2) is 4.79 Å². The second kappa shape index (κ2) is 3.89. The van der Waals surface area contributed by atoms with Crippen molar-refractivity contribution < 1.29 is 19.1 Å². The van der Waals surface area contributed by atoms with Gasteiger partial charge >= 0.3 is 5.97 Å². The van der Waals surface area contributed by atoms with Gasteiger partial charge in [0.1, 0.15) is 0 Å². The fraction of sp³-hybridized carbons (Fsp3) is 0.250. The average molecular weight is 220 g/mol. The molecule has 0 aliphatic heterocycles. The normalized spacial score (nSPS) is 10.6. The zero-order chi connectivity index (χ0) is 11.7. The molecule has 0 unspecified atom stereocenters. The molecule has 84 valence electrons. The Morgan fingerprint density at radius 3 is 2.88 bits per heavy atom. The van der Waals surface area contributed by atoms with E-state index in [1.807, 2.05) is 19.1 Å². The van der Waals surface area contributed by atoms with Gasteiger partial charge in [0.15, 0.2) is 11.3 Å².